The molecule has 2 aromatic rings. The molecular formula is C12H12N2O2. The van der Waals surface area contributed by atoms with Gasteiger partial charge in [-0.25, -0.2) is 0 Å². The largest absolute Gasteiger partial charge is 0.388 e. The van der Waals surface area contributed by atoms with Crippen molar-refractivity contribution in [1.29, 1.82) is 0 Å². The van der Waals surface area contributed by atoms with Gasteiger partial charge in [0.2, 0.25) is 0 Å². The predicted octanol–water partition coefficient (Wildman–Crippen LogP) is 1.49. The molecule has 0 aliphatic carbocycles. The van der Waals surface area contributed by atoms with Gasteiger partial charge in [-0.15, -0.1) is 0 Å². The summed E-state index contributed by atoms with van der Waals surface area (Å²) in [4.78, 5) is 18.4. The van der Waals surface area contributed by atoms with Gasteiger partial charge < -0.3 is 10.1 Å². The minimum Gasteiger partial charge on any atom is -0.388 e. The fourth-order valence-electron chi connectivity index (χ4n) is 1.49. The quantitative estimate of drug-likeness (QED) is 0.799. The molecule has 0 saturated heterocycles. The van der Waals surface area contributed by atoms with Crippen molar-refractivity contribution < 1.29 is 5.11 Å². The Balaban J connectivity index is 2.47. The highest BCUT2D eigenvalue weighted by Crippen LogP contribution is 2.13. The van der Waals surface area contributed by atoms with E-state index < -0.39 is 6.10 Å². The zero-order chi connectivity index (χ0) is 11.5. The third kappa shape index (κ3) is 2.01. The Morgan fingerprint density at radius 2 is 2.12 bits per heavy atom. The molecule has 82 valence electrons. The summed E-state index contributed by atoms with van der Waals surface area (Å²) in [6.07, 6.45) is 0.900. The van der Waals surface area contributed by atoms with Crippen LogP contribution in [0.25, 0.3) is 11.4 Å². The Labute approximate surface area is 92.6 Å². The first-order chi connectivity index (χ1) is 7.68. The molecule has 0 spiro atoms. The Bertz CT molecular complexity index is 532. The van der Waals surface area contributed by atoms with Gasteiger partial charge in [0.25, 0.3) is 5.56 Å². The molecule has 0 amide bonds. The van der Waals surface area contributed by atoms with Gasteiger partial charge in [-0.05, 0) is 31.2 Å². The first-order valence-electron chi connectivity index (χ1n) is 5.01. The van der Waals surface area contributed by atoms with E-state index in [4.69, 9.17) is 0 Å². The number of aromatic amines is 1. The average Bonchev–Trinajstić information content (AvgIpc) is 2.29. The number of hydrogen-bond donors (Lipinski definition) is 2. The molecule has 4 nitrogen and oxygen atoms in total. The molecule has 2 aromatic heterocycles. The number of pyridine rings is 2. The van der Waals surface area contributed by atoms with Crippen molar-refractivity contribution in [3.8, 4) is 11.4 Å². The number of hydrogen-bond acceptors (Lipinski definition) is 3. The summed E-state index contributed by atoms with van der Waals surface area (Å²) in [5.41, 5.74) is 1.43. The van der Waals surface area contributed by atoms with Gasteiger partial charge in [-0.1, -0.05) is 6.07 Å². The van der Waals surface area contributed by atoms with Crippen LogP contribution in [0.2, 0.25) is 0 Å². The predicted molar refractivity (Wildman–Crippen MR) is 60.9 cm³/mol. The van der Waals surface area contributed by atoms with Crippen molar-refractivity contribution in [1.82, 2.24) is 9.97 Å². The van der Waals surface area contributed by atoms with Gasteiger partial charge in [0.1, 0.15) is 0 Å². The van der Waals surface area contributed by atoms with Crippen molar-refractivity contribution in [2.24, 2.45) is 0 Å². The zero-order valence-corrected chi connectivity index (χ0v) is 8.84. The number of H-pyrrole nitrogens is 1. The molecule has 0 saturated carbocycles. The first kappa shape index (κ1) is 10.6. The lowest BCUT2D eigenvalue weighted by molar-refractivity contribution is 0.197. The normalized spacial score (nSPS) is 12.4. The van der Waals surface area contributed by atoms with Gasteiger partial charge in [-0.3, -0.25) is 9.78 Å². The van der Waals surface area contributed by atoms with Crippen molar-refractivity contribution in [3.63, 3.8) is 0 Å². The van der Waals surface area contributed by atoms with Crippen molar-refractivity contribution in [2.45, 2.75) is 13.0 Å². The molecule has 2 rings (SSSR count). The zero-order valence-electron chi connectivity index (χ0n) is 8.84. The van der Waals surface area contributed by atoms with E-state index in [1.165, 1.54) is 0 Å². The van der Waals surface area contributed by atoms with Gasteiger partial charge in [-0.2, -0.15) is 0 Å². The van der Waals surface area contributed by atoms with Crippen LogP contribution in [0.1, 0.15) is 18.6 Å². The van der Waals surface area contributed by atoms with E-state index in [9.17, 15) is 9.90 Å². The summed E-state index contributed by atoms with van der Waals surface area (Å²) in [6, 6.07) is 8.83. The van der Waals surface area contributed by atoms with E-state index in [0.29, 0.717) is 17.0 Å². The third-order valence-corrected chi connectivity index (χ3v) is 2.33. The average molecular weight is 216 g/mol. The number of nitrogens with zero attached hydrogens (tertiary/aromatic N) is 1. The molecule has 0 radical (unpaired) electrons. The van der Waals surface area contributed by atoms with Crippen LogP contribution in [0.15, 0.2) is 41.3 Å². The monoisotopic (exact) mass is 216 g/mol. The Morgan fingerprint density at radius 3 is 2.69 bits per heavy atom. The molecule has 1 atom stereocenters. The summed E-state index contributed by atoms with van der Waals surface area (Å²) in [5.74, 6) is 0. The highest BCUT2D eigenvalue weighted by molar-refractivity contribution is 5.53. The Hall–Kier alpha value is -1.94. The SMILES string of the molecule is C[C@H](O)c1ccc(-c2ccccn2)[nH]c1=O. The lowest BCUT2D eigenvalue weighted by atomic mass is 10.1. The maximum Gasteiger partial charge on any atom is 0.254 e. The number of rotatable bonds is 2. The van der Waals surface area contributed by atoms with E-state index in [-0.39, 0.29) is 5.56 Å². The maximum atomic E-state index is 11.6. The fraction of sp³-hybridized carbons (Fsp3) is 0.167. The number of aliphatic hydroxyl groups is 1. The summed E-state index contributed by atoms with van der Waals surface area (Å²) < 4.78 is 0. The molecule has 0 aromatic carbocycles. The molecular weight excluding hydrogens is 204 g/mol. The molecule has 2 N–H and O–H groups in total. The van der Waals surface area contributed by atoms with Crippen molar-refractivity contribution >= 4 is 0 Å². The fourth-order valence-corrected chi connectivity index (χ4v) is 1.49. The highest BCUT2D eigenvalue weighted by atomic mass is 16.3. The summed E-state index contributed by atoms with van der Waals surface area (Å²) in [7, 11) is 0. The Kier molecular flexibility index (Phi) is 2.83. The van der Waals surface area contributed by atoms with Crippen LogP contribution in [0.5, 0.6) is 0 Å². The summed E-state index contributed by atoms with van der Waals surface area (Å²) >= 11 is 0. The van der Waals surface area contributed by atoms with Crippen molar-refractivity contribution in [3.05, 3.63) is 52.4 Å². The number of aromatic nitrogens is 2. The van der Waals surface area contributed by atoms with E-state index in [0.717, 1.165) is 0 Å². The molecule has 0 aliphatic rings. The van der Waals surface area contributed by atoms with Gasteiger partial charge in [0.15, 0.2) is 0 Å². The highest BCUT2D eigenvalue weighted by Gasteiger charge is 2.07. The molecule has 0 bridgehead atoms. The first-order valence-corrected chi connectivity index (χ1v) is 5.01. The molecule has 16 heavy (non-hydrogen) atoms. The molecule has 2 heterocycles. The maximum absolute atomic E-state index is 11.6. The topological polar surface area (TPSA) is 66.0 Å². The lowest BCUT2D eigenvalue weighted by Gasteiger charge is -2.05. The Morgan fingerprint density at radius 1 is 1.31 bits per heavy atom. The minimum absolute atomic E-state index is 0.279. The number of nitrogens with one attached hydrogen (secondary N) is 1. The van der Waals surface area contributed by atoms with Gasteiger partial charge >= 0.3 is 0 Å². The second-order valence-electron chi connectivity index (χ2n) is 3.55. The van der Waals surface area contributed by atoms with Crippen molar-refractivity contribution in [2.75, 3.05) is 0 Å². The summed E-state index contributed by atoms with van der Waals surface area (Å²) in [5, 5.41) is 9.33. The molecule has 4 heteroatoms. The van der Waals surface area contributed by atoms with E-state index in [2.05, 4.69) is 9.97 Å². The van der Waals surface area contributed by atoms with E-state index in [1.807, 2.05) is 18.2 Å². The lowest BCUT2D eigenvalue weighted by Crippen LogP contribution is -2.15. The standard InChI is InChI=1S/C12H12N2O2/c1-8(15)9-5-6-11(14-12(9)16)10-4-2-3-7-13-10/h2-8,15H,1H3,(H,14,16)/t8-/m0/s1. The summed E-state index contributed by atoms with van der Waals surface area (Å²) in [6.45, 7) is 1.56. The van der Waals surface area contributed by atoms with Crippen LogP contribution in [-0.2, 0) is 0 Å². The number of aliphatic hydroxyl groups excluding tert-OH is 1. The van der Waals surface area contributed by atoms with E-state index in [1.54, 1.807) is 25.3 Å². The molecule has 0 aliphatic heterocycles. The third-order valence-electron chi connectivity index (χ3n) is 2.33. The molecule has 0 fully saturated rings. The molecule has 0 unspecified atom stereocenters. The smallest absolute Gasteiger partial charge is 0.254 e. The minimum atomic E-state index is -0.762. The van der Waals surface area contributed by atoms with E-state index >= 15 is 0 Å². The van der Waals surface area contributed by atoms with Crippen LogP contribution >= 0.6 is 0 Å². The van der Waals surface area contributed by atoms with Crippen LogP contribution in [0, 0.1) is 0 Å². The van der Waals surface area contributed by atoms with Gasteiger partial charge in [0.05, 0.1) is 17.5 Å². The second kappa shape index (κ2) is 4.28. The second-order valence-corrected chi connectivity index (χ2v) is 3.55. The van der Waals surface area contributed by atoms with Crippen LogP contribution in [0.4, 0.5) is 0 Å². The van der Waals surface area contributed by atoms with Crippen LogP contribution < -0.4 is 5.56 Å². The van der Waals surface area contributed by atoms with Crippen LogP contribution in [-0.4, -0.2) is 15.1 Å². The van der Waals surface area contributed by atoms with Gasteiger partial charge in [0, 0.05) is 11.8 Å². The van der Waals surface area contributed by atoms with Crippen LogP contribution in [0.3, 0.4) is 0 Å².